The highest BCUT2D eigenvalue weighted by Gasteiger charge is 2.06. The molecule has 0 aliphatic carbocycles. The number of fused-ring (bicyclic) bond motifs is 1. The number of aryl methyl sites for hydroxylation is 1. The molecule has 114 valence electrons. The number of carbonyl (C=O) groups excluding carboxylic acids is 1. The summed E-state index contributed by atoms with van der Waals surface area (Å²) in [5, 5.41) is 14.9. The van der Waals surface area contributed by atoms with Gasteiger partial charge in [-0.15, -0.1) is 11.3 Å². The van der Waals surface area contributed by atoms with Crippen LogP contribution in [0.5, 0.6) is 0 Å². The number of thiazole rings is 1. The molecular weight excluding hydrogens is 308 g/mol. The summed E-state index contributed by atoms with van der Waals surface area (Å²) < 4.78 is 2.04. The number of nitrogens with one attached hydrogen (secondary N) is 1. The van der Waals surface area contributed by atoms with Gasteiger partial charge in [-0.2, -0.15) is 5.26 Å². The highest BCUT2D eigenvalue weighted by atomic mass is 32.1. The van der Waals surface area contributed by atoms with E-state index in [-0.39, 0.29) is 5.91 Å². The predicted molar refractivity (Wildman–Crippen MR) is 91.9 cm³/mol. The highest BCUT2D eigenvalue weighted by Crippen LogP contribution is 2.23. The standard InChI is InChI=1S/C17H14N4OS/c18-8-3-10-21-12-13(14-4-1-2-5-15(14)21)6-7-16(22)20-17-19-9-11-23-17/h1-2,4-7,9,11-12H,3,10H2,(H,19,20,22)/b7-6+. The van der Waals surface area contributed by atoms with Crippen molar-refractivity contribution in [3.8, 4) is 6.07 Å². The molecule has 0 aliphatic rings. The molecule has 0 saturated heterocycles. The summed E-state index contributed by atoms with van der Waals surface area (Å²) in [6.07, 6.45) is 7.35. The van der Waals surface area contributed by atoms with Crippen LogP contribution in [0.4, 0.5) is 5.13 Å². The Balaban J connectivity index is 1.83. The van der Waals surface area contributed by atoms with E-state index in [9.17, 15) is 4.79 Å². The molecule has 1 amide bonds. The molecule has 0 atom stereocenters. The van der Waals surface area contributed by atoms with Gasteiger partial charge in [0.25, 0.3) is 0 Å². The maximum atomic E-state index is 11.9. The third-order valence-electron chi connectivity index (χ3n) is 3.36. The van der Waals surface area contributed by atoms with Gasteiger partial charge in [0, 0.05) is 46.9 Å². The third-order valence-corrected chi connectivity index (χ3v) is 4.05. The Bertz CT molecular complexity index is 887. The van der Waals surface area contributed by atoms with Crippen molar-refractivity contribution in [1.29, 1.82) is 5.26 Å². The third kappa shape index (κ3) is 3.47. The molecule has 6 heteroatoms. The summed E-state index contributed by atoms with van der Waals surface area (Å²) in [7, 11) is 0. The lowest BCUT2D eigenvalue weighted by Gasteiger charge is -2.00. The van der Waals surface area contributed by atoms with E-state index in [1.54, 1.807) is 12.3 Å². The van der Waals surface area contributed by atoms with Crippen LogP contribution in [0.3, 0.4) is 0 Å². The summed E-state index contributed by atoms with van der Waals surface area (Å²) in [6.45, 7) is 0.635. The molecular formula is C17H14N4OS. The zero-order chi connectivity index (χ0) is 16.1. The van der Waals surface area contributed by atoms with Crippen LogP contribution < -0.4 is 5.32 Å². The second-order valence-corrected chi connectivity index (χ2v) is 5.76. The minimum Gasteiger partial charge on any atom is -0.346 e. The summed E-state index contributed by atoms with van der Waals surface area (Å²) in [6, 6.07) is 10.1. The maximum Gasteiger partial charge on any atom is 0.250 e. The van der Waals surface area contributed by atoms with Crippen molar-refractivity contribution in [3.63, 3.8) is 0 Å². The van der Waals surface area contributed by atoms with Crippen molar-refractivity contribution >= 4 is 39.4 Å². The first-order valence-corrected chi connectivity index (χ1v) is 7.99. The number of amides is 1. The Hall–Kier alpha value is -2.91. The average molecular weight is 322 g/mol. The number of carbonyl (C=O) groups is 1. The molecule has 1 aromatic carbocycles. The van der Waals surface area contributed by atoms with Crippen LogP contribution in [0.2, 0.25) is 0 Å². The lowest BCUT2D eigenvalue weighted by molar-refractivity contribution is -0.111. The molecule has 0 fully saturated rings. The van der Waals surface area contributed by atoms with E-state index in [0.717, 1.165) is 16.5 Å². The lowest BCUT2D eigenvalue weighted by atomic mass is 10.1. The van der Waals surface area contributed by atoms with Gasteiger partial charge in [0.15, 0.2) is 5.13 Å². The monoisotopic (exact) mass is 322 g/mol. The number of nitrogens with zero attached hydrogens (tertiary/aromatic N) is 3. The van der Waals surface area contributed by atoms with E-state index in [1.165, 1.54) is 17.4 Å². The fourth-order valence-corrected chi connectivity index (χ4v) is 2.89. The van der Waals surface area contributed by atoms with Gasteiger partial charge in [0.05, 0.1) is 12.5 Å². The van der Waals surface area contributed by atoms with Crippen molar-refractivity contribution < 1.29 is 4.79 Å². The summed E-state index contributed by atoms with van der Waals surface area (Å²) in [4.78, 5) is 15.9. The van der Waals surface area contributed by atoms with Gasteiger partial charge in [-0.1, -0.05) is 18.2 Å². The Morgan fingerprint density at radius 1 is 1.43 bits per heavy atom. The second-order valence-electron chi connectivity index (χ2n) is 4.86. The zero-order valence-electron chi connectivity index (χ0n) is 12.3. The number of anilines is 1. The van der Waals surface area contributed by atoms with Crippen molar-refractivity contribution in [2.24, 2.45) is 0 Å². The smallest absolute Gasteiger partial charge is 0.250 e. The number of aromatic nitrogens is 2. The molecule has 5 nitrogen and oxygen atoms in total. The number of nitriles is 1. The molecule has 2 aromatic heterocycles. The quantitative estimate of drug-likeness (QED) is 0.729. The van der Waals surface area contributed by atoms with Gasteiger partial charge < -0.3 is 4.57 Å². The number of hydrogen-bond acceptors (Lipinski definition) is 4. The van der Waals surface area contributed by atoms with E-state index in [4.69, 9.17) is 5.26 Å². The van der Waals surface area contributed by atoms with Crippen molar-refractivity contribution in [2.75, 3.05) is 5.32 Å². The van der Waals surface area contributed by atoms with Gasteiger partial charge in [0.2, 0.25) is 5.91 Å². The molecule has 3 rings (SSSR count). The summed E-state index contributed by atoms with van der Waals surface area (Å²) >= 11 is 1.38. The van der Waals surface area contributed by atoms with Crippen LogP contribution in [-0.2, 0) is 11.3 Å². The first-order chi connectivity index (χ1) is 11.3. The number of hydrogen-bond donors (Lipinski definition) is 1. The van der Waals surface area contributed by atoms with E-state index >= 15 is 0 Å². The Morgan fingerprint density at radius 2 is 2.30 bits per heavy atom. The summed E-state index contributed by atoms with van der Waals surface area (Å²) in [5.74, 6) is -0.214. The Morgan fingerprint density at radius 3 is 3.09 bits per heavy atom. The van der Waals surface area contributed by atoms with Crippen LogP contribution in [0, 0.1) is 11.3 Å². The molecule has 0 spiro atoms. The molecule has 1 N–H and O–H groups in total. The van der Waals surface area contributed by atoms with Gasteiger partial charge >= 0.3 is 0 Å². The molecule has 2 heterocycles. The van der Waals surface area contributed by atoms with Crippen molar-refractivity contribution in [3.05, 3.63) is 53.7 Å². The number of para-hydroxylation sites is 1. The summed E-state index contributed by atoms with van der Waals surface area (Å²) in [5.41, 5.74) is 2.01. The topological polar surface area (TPSA) is 70.7 Å². The van der Waals surface area contributed by atoms with Crippen molar-refractivity contribution in [2.45, 2.75) is 13.0 Å². The number of rotatable bonds is 5. The van der Waals surface area contributed by atoms with Gasteiger partial charge in [-0.3, -0.25) is 10.1 Å². The first kappa shape index (κ1) is 15.0. The molecule has 0 saturated carbocycles. The van der Waals surface area contributed by atoms with E-state index in [1.807, 2.05) is 40.4 Å². The van der Waals surface area contributed by atoms with Crippen LogP contribution in [0.15, 0.2) is 48.1 Å². The largest absolute Gasteiger partial charge is 0.346 e. The molecule has 0 aliphatic heterocycles. The van der Waals surface area contributed by atoms with E-state index in [2.05, 4.69) is 16.4 Å². The normalized spacial score (nSPS) is 10.9. The van der Waals surface area contributed by atoms with E-state index < -0.39 is 0 Å². The van der Waals surface area contributed by atoms with Crippen LogP contribution in [0.25, 0.3) is 17.0 Å². The Labute approximate surface area is 137 Å². The van der Waals surface area contributed by atoms with Gasteiger partial charge in [-0.05, 0) is 12.1 Å². The highest BCUT2D eigenvalue weighted by molar-refractivity contribution is 7.13. The maximum absolute atomic E-state index is 11.9. The molecule has 23 heavy (non-hydrogen) atoms. The minimum absolute atomic E-state index is 0.214. The fourth-order valence-electron chi connectivity index (χ4n) is 2.36. The van der Waals surface area contributed by atoms with Crippen LogP contribution in [-0.4, -0.2) is 15.5 Å². The van der Waals surface area contributed by atoms with Gasteiger partial charge in [-0.25, -0.2) is 4.98 Å². The second kappa shape index (κ2) is 6.90. The zero-order valence-corrected chi connectivity index (χ0v) is 13.1. The minimum atomic E-state index is -0.214. The fraction of sp³-hybridized carbons (Fsp3) is 0.118. The Kier molecular flexibility index (Phi) is 4.50. The average Bonchev–Trinajstić information content (AvgIpc) is 3.19. The molecule has 3 aromatic rings. The molecule has 0 radical (unpaired) electrons. The number of benzene rings is 1. The van der Waals surface area contributed by atoms with Gasteiger partial charge in [0.1, 0.15) is 0 Å². The molecule has 0 unspecified atom stereocenters. The predicted octanol–water partition coefficient (Wildman–Crippen LogP) is 3.66. The first-order valence-electron chi connectivity index (χ1n) is 7.11. The van der Waals surface area contributed by atoms with Crippen molar-refractivity contribution in [1.82, 2.24) is 9.55 Å². The van der Waals surface area contributed by atoms with E-state index in [0.29, 0.717) is 18.1 Å². The SMILES string of the molecule is N#CCCn1cc(/C=C/C(=O)Nc2nccs2)c2ccccc21. The molecule has 0 bridgehead atoms. The van der Waals surface area contributed by atoms with Crippen LogP contribution in [0.1, 0.15) is 12.0 Å². The van der Waals surface area contributed by atoms with Crippen LogP contribution >= 0.6 is 11.3 Å². The lowest BCUT2D eigenvalue weighted by Crippen LogP contribution is -2.06.